The molecule has 1 N–H and O–H groups in total. The predicted molar refractivity (Wildman–Crippen MR) is 118 cm³/mol. The van der Waals surface area contributed by atoms with E-state index in [1.165, 1.54) is 36.0 Å². The lowest BCUT2D eigenvalue weighted by atomic mass is 9.79. The van der Waals surface area contributed by atoms with Gasteiger partial charge in [0.2, 0.25) is 0 Å². The molecule has 0 saturated carbocycles. The number of benzene rings is 1. The summed E-state index contributed by atoms with van der Waals surface area (Å²) in [6.07, 6.45) is 10.3. The van der Waals surface area contributed by atoms with Crippen molar-refractivity contribution in [2.75, 3.05) is 26.9 Å². The van der Waals surface area contributed by atoms with Crippen molar-refractivity contribution in [3.8, 4) is 0 Å². The molecule has 1 aliphatic carbocycles. The molecule has 1 aliphatic rings. The van der Waals surface area contributed by atoms with Crippen molar-refractivity contribution in [3.63, 3.8) is 0 Å². The lowest BCUT2D eigenvalue weighted by Crippen LogP contribution is -2.27. The van der Waals surface area contributed by atoms with Gasteiger partial charge in [0.05, 0.1) is 25.4 Å². The topological polar surface area (TPSA) is 55.8 Å². The molecule has 2 unspecified atom stereocenters. The first kappa shape index (κ1) is 23.4. The fourth-order valence-corrected chi connectivity index (χ4v) is 3.89. The van der Waals surface area contributed by atoms with E-state index in [2.05, 4.69) is 43.8 Å². The zero-order chi connectivity index (χ0) is 21.1. The molecule has 0 aromatic heterocycles. The second kappa shape index (κ2) is 12.6. The van der Waals surface area contributed by atoms with Crippen molar-refractivity contribution in [2.45, 2.75) is 51.9 Å². The number of methoxy groups -OCH3 is 1. The van der Waals surface area contributed by atoms with Gasteiger partial charge in [-0.05, 0) is 54.7 Å². The number of unbranched alkanes of at least 4 members (excludes halogenated alkanes) is 2. The van der Waals surface area contributed by atoms with Crippen molar-refractivity contribution in [1.82, 2.24) is 0 Å². The zero-order valence-electron chi connectivity index (χ0n) is 18.0. The minimum Gasteiger partial charge on any atom is -0.462 e. The summed E-state index contributed by atoms with van der Waals surface area (Å²) in [6.45, 7) is 6.23. The summed E-state index contributed by atoms with van der Waals surface area (Å²) in [5.41, 5.74) is 4.23. The Bertz CT molecular complexity index is 675. The average molecular weight is 401 g/mol. The van der Waals surface area contributed by atoms with Crippen LogP contribution in [-0.4, -0.2) is 38.0 Å². The van der Waals surface area contributed by atoms with Crippen LogP contribution in [0.4, 0.5) is 0 Å². The molecule has 0 aliphatic heterocycles. The first-order valence-corrected chi connectivity index (χ1v) is 10.8. The standard InChI is InChI=1S/C25H36O4/c1-4-5-6-7-20-8-10-21(11-9-20)22-12-14-23(15-13-22)24(17-28-3)18-29-25(27)19(2)16-26/h8-12,23-24,26H,2,4-7,13-18H2,1,3H3. The molecule has 1 aromatic carbocycles. The molecule has 0 radical (unpaired) electrons. The molecule has 0 fully saturated rings. The Hall–Kier alpha value is -1.91. The molecule has 0 saturated heterocycles. The van der Waals surface area contributed by atoms with Crippen LogP contribution in [0.15, 0.2) is 42.5 Å². The first-order chi connectivity index (χ1) is 14.1. The third-order valence-corrected chi connectivity index (χ3v) is 5.80. The van der Waals surface area contributed by atoms with Gasteiger partial charge in [0.25, 0.3) is 0 Å². The number of aliphatic hydroxyl groups excluding tert-OH is 1. The molecule has 2 atom stereocenters. The van der Waals surface area contributed by atoms with E-state index in [1.807, 2.05) is 0 Å². The van der Waals surface area contributed by atoms with Gasteiger partial charge in [-0.25, -0.2) is 4.79 Å². The van der Waals surface area contributed by atoms with E-state index in [9.17, 15) is 4.79 Å². The maximum Gasteiger partial charge on any atom is 0.335 e. The van der Waals surface area contributed by atoms with Crippen LogP contribution in [-0.2, 0) is 20.7 Å². The monoisotopic (exact) mass is 400 g/mol. The van der Waals surface area contributed by atoms with Crippen LogP contribution in [0.25, 0.3) is 5.57 Å². The third kappa shape index (κ3) is 7.45. The van der Waals surface area contributed by atoms with Crippen LogP contribution < -0.4 is 0 Å². The Morgan fingerprint density at radius 2 is 2.00 bits per heavy atom. The van der Waals surface area contributed by atoms with E-state index < -0.39 is 5.97 Å². The number of aryl methyl sites for hydroxylation is 1. The van der Waals surface area contributed by atoms with Gasteiger partial charge in [-0.3, -0.25) is 0 Å². The van der Waals surface area contributed by atoms with Crippen molar-refractivity contribution in [2.24, 2.45) is 11.8 Å². The maximum absolute atomic E-state index is 11.8. The van der Waals surface area contributed by atoms with E-state index in [0.717, 1.165) is 25.7 Å². The van der Waals surface area contributed by atoms with Crippen LogP contribution in [0.3, 0.4) is 0 Å². The Balaban J connectivity index is 1.91. The van der Waals surface area contributed by atoms with Crippen LogP contribution in [0.2, 0.25) is 0 Å². The molecule has 29 heavy (non-hydrogen) atoms. The number of allylic oxidation sites excluding steroid dienone is 2. The molecule has 0 bridgehead atoms. The number of hydrogen-bond acceptors (Lipinski definition) is 4. The number of rotatable bonds is 12. The molecule has 0 spiro atoms. The van der Waals surface area contributed by atoms with Gasteiger partial charge in [-0.15, -0.1) is 0 Å². The SMILES string of the molecule is C=C(CO)C(=O)OCC(COC)C1CC=C(c2ccc(CCCCC)cc2)CC1. The molecule has 4 heteroatoms. The summed E-state index contributed by atoms with van der Waals surface area (Å²) >= 11 is 0. The zero-order valence-corrected chi connectivity index (χ0v) is 18.0. The number of ether oxygens (including phenoxy) is 2. The van der Waals surface area contributed by atoms with Gasteiger partial charge < -0.3 is 14.6 Å². The van der Waals surface area contributed by atoms with Crippen molar-refractivity contribution in [3.05, 3.63) is 53.6 Å². The minimum absolute atomic E-state index is 0.0881. The number of carbonyl (C=O) groups is 1. The molecule has 0 amide bonds. The Kier molecular flexibility index (Phi) is 10.2. The first-order valence-electron chi connectivity index (χ1n) is 10.8. The summed E-state index contributed by atoms with van der Waals surface area (Å²) in [6, 6.07) is 9.03. The van der Waals surface area contributed by atoms with E-state index in [4.69, 9.17) is 14.6 Å². The fourth-order valence-electron chi connectivity index (χ4n) is 3.89. The molecular weight excluding hydrogens is 364 g/mol. The van der Waals surface area contributed by atoms with Gasteiger partial charge in [-0.1, -0.05) is 56.7 Å². The highest BCUT2D eigenvalue weighted by atomic mass is 16.5. The fraction of sp³-hybridized carbons (Fsp3) is 0.560. The summed E-state index contributed by atoms with van der Waals surface area (Å²) < 4.78 is 10.7. The Morgan fingerprint density at radius 1 is 1.24 bits per heavy atom. The summed E-state index contributed by atoms with van der Waals surface area (Å²) in [5, 5.41) is 9.00. The number of hydrogen-bond donors (Lipinski definition) is 1. The van der Waals surface area contributed by atoms with E-state index in [-0.39, 0.29) is 18.1 Å². The number of aliphatic hydroxyl groups is 1. The lowest BCUT2D eigenvalue weighted by Gasteiger charge is -2.29. The summed E-state index contributed by atoms with van der Waals surface area (Å²) in [4.78, 5) is 11.8. The second-order valence-electron chi connectivity index (χ2n) is 7.99. The van der Waals surface area contributed by atoms with E-state index in [1.54, 1.807) is 7.11 Å². The van der Waals surface area contributed by atoms with Crippen molar-refractivity contribution >= 4 is 11.5 Å². The molecule has 1 aromatic rings. The Labute approximate surface area is 175 Å². The van der Waals surface area contributed by atoms with Crippen LogP contribution in [0.1, 0.15) is 56.6 Å². The van der Waals surface area contributed by atoms with Gasteiger partial charge in [0, 0.05) is 13.0 Å². The van der Waals surface area contributed by atoms with Gasteiger partial charge in [0.15, 0.2) is 0 Å². The van der Waals surface area contributed by atoms with Gasteiger partial charge in [0.1, 0.15) is 0 Å². The van der Waals surface area contributed by atoms with Crippen LogP contribution in [0, 0.1) is 11.8 Å². The molecule has 160 valence electrons. The highest BCUT2D eigenvalue weighted by molar-refractivity contribution is 5.87. The van der Waals surface area contributed by atoms with Crippen molar-refractivity contribution in [1.29, 1.82) is 0 Å². The van der Waals surface area contributed by atoms with Gasteiger partial charge >= 0.3 is 5.97 Å². The lowest BCUT2D eigenvalue weighted by molar-refractivity contribution is -0.142. The third-order valence-electron chi connectivity index (χ3n) is 5.80. The number of carbonyl (C=O) groups excluding carboxylic acids is 1. The number of esters is 1. The maximum atomic E-state index is 11.8. The highest BCUT2D eigenvalue weighted by Gasteiger charge is 2.26. The molecule has 4 nitrogen and oxygen atoms in total. The second-order valence-corrected chi connectivity index (χ2v) is 7.99. The minimum atomic E-state index is -0.528. The predicted octanol–water partition coefficient (Wildman–Crippen LogP) is 4.96. The quantitative estimate of drug-likeness (QED) is 0.306. The van der Waals surface area contributed by atoms with Gasteiger partial charge in [-0.2, -0.15) is 0 Å². The molecule has 2 rings (SSSR count). The van der Waals surface area contributed by atoms with E-state index in [0.29, 0.717) is 19.1 Å². The van der Waals surface area contributed by atoms with E-state index >= 15 is 0 Å². The largest absolute Gasteiger partial charge is 0.462 e. The Morgan fingerprint density at radius 3 is 2.59 bits per heavy atom. The average Bonchev–Trinajstić information content (AvgIpc) is 2.76. The summed E-state index contributed by atoms with van der Waals surface area (Å²) in [5.74, 6) is 0.0380. The van der Waals surface area contributed by atoms with Crippen LogP contribution >= 0.6 is 0 Å². The normalized spacial score (nSPS) is 17.5. The van der Waals surface area contributed by atoms with Crippen molar-refractivity contribution < 1.29 is 19.4 Å². The highest BCUT2D eigenvalue weighted by Crippen LogP contribution is 2.34. The molecular formula is C25H36O4. The van der Waals surface area contributed by atoms with Crippen LogP contribution in [0.5, 0.6) is 0 Å². The summed E-state index contributed by atoms with van der Waals surface area (Å²) in [7, 11) is 1.67. The molecule has 0 heterocycles. The smallest absolute Gasteiger partial charge is 0.335 e.